The van der Waals surface area contributed by atoms with Crippen LogP contribution in [0.4, 0.5) is 0 Å². The second kappa shape index (κ2) is 4.65. The molecule has 2 bridgehead atoms. The van der Waals surface area contributed by atoms with Crippen LogP contribution in [0.3, 0.4) is 0 Å². The average Bonchev–Trinajstić information content (AvgIpc) is 3.42. The average molecular weight is 344 g/mol. The first-order valence-corrected chi connectivity index (χ1v) is 9.44. The number of hydrogen-bond donors (Lipinski definition) is 0. The van der Waals surface area contributed by atoms with Gasteiger partial charge in [0.15, 0.2) is 0 Å². The molecule has 2 heterocycles. The lowest BCUT2D eigenvalue weighted by atomic mass is 9.81. The van der Waals surface area contributed by atoms with E-state index in [4.69, 9.17) is 9.47 Å². The molecule has 0 spiro atoms. The van der Waals surface area contributed by atoms with Crippen molar-refractivity contribution >= 4 is 23.1 Å². The van der Waals surface area contributed by atoms with Gasteiger partial charge in [0.25, 0.3) is 0 Å². The molecule has 0 N–H and O–H groups in total. The predicted octanol–water partition coefficient (Wildman–Crippen LogP) is 0.500. The Hall–Kier alpha value is -1.40. The first kappa shape index (κ1) is 14.7. The number of ketones is 4. The fourth-order valence-corrected chi connectivity index (χ4v) is 6.50. The van der Waals surface area contributed by atoms with E-state index in [-0.39, 0.29) is 59.6 Å². The van der Waals surface area contributed by atoms with Crippen molar-refractivity contribution in [3.8, 4) is 0 Å². The molecular formula is C19H20O6. The minimum Gasteiger partial charge on any atom is -0.370 e. The van der Waals surface area contributed by atoms with E-state index >= 15 is 0 Å². The molecule has 25 heavy (non-hydrogen) atoms. The van der Waals surface area contributed by atoms with Crippen LogP contribution in [-0.4, -0.2) is 47.5 Å². The molecule has 132 valence electrons. The molecule has 0 aromatic rings. The molecule has 6 nitrogen and oxygen atoms in total. The van der Waals surface area contributed by atoms with E-state index in [1.807, 2.05) is 0 Å². The van der Waals surface area contributed by atoms with Crippen molar-refractivity contribution in [2.45, 2.75) is 56.5 Å². The second-order valence-corrected chi connectivity index (χ2v) is 8.80. The Morgan fingerprint density at radius 2 is 1.08 bits per heavy atom. The monoisotopic (exact) mass is 344 g/mol. The number of rotatable bonds is 0. The van der Waals surface area contributed by atoms with E-state index in [2.05, 4.69) is 0 Å². The SMILES string of the molecule is O=C1CC(=O)C2C3CC(C4OC34)C12.O=C1CC(=O)C2CC3OC3CC12. The van der Waals surface area contributed by atoms with E-state index < -0.39 is 0 Å². The summed E-state index contributed by atoms with van der Waals surface area (Å²) in [6.07, 6.45) is 4.39. The lowest BCUT2D eigenvalue weighted by Gasteiger charge is -2.18. The molecular weight excluding hydrogens is 324 g/mol. The lowest BCUT2D eigenvalue weighted by Crippen LogP contribution is -2.29. The Morgan fingerprint density at radius 3 is 1.60 bits per heavy atom. The maximum Gasteiger partial charge on any atom is 0.144 e. The van der Waals surface area contributed by atoms with Gasteiger partial charge in [-0.15, -0.1) is 0 Å². The minimum atomic E-state index is 0.0150. The number of Topliss-reactive ketones (excluding diaryl/α,β-unsaturated/α-hetero) is 4. The lowest BCUT2D eigenvalue weighted by molar-refractivity contribution is -0.125. The van der Waals surface area contributed by atoms with Crippen molar-refractivity contribution in [1.29, 1.82) is 0 Å². The van der Waals surface area contributed by atoms with Crippen molar-refractivity contribution in [2.75, 3.05) is 0 Å². The molecule has 2 saturated heterocycles. The van der Waals surface area contributed by atoms with Gasteiger partial charge in [-0.05, 0) is 31.1 Å². The van der Waals surface area contributed by atoms with Crippen molar-refractivity contribution in [3.05, 3.63) is 0 Å². The minimum absolute atomic E-state index is 0.0150. The highest BCUT2D eigenvalue weighted by Crippen LogP contribution is 2.63. The van der Waals surface area contributed by atoms with E-state index in [9.17, 15) is 19.2 Å². The third kappa shape index (κ3) is 1.92. The molecule has 7 aliphatic rings. The summed E-state index contributed by atoms with van der Waals surface area (Å²) in [6, 6.07) is 0. The standard InChI is InChI=1S/C10H10O3.C9H10O3/c11-5-2-6(12)8-4-1-3(7(5)8)9-10(4)13-9;10-6-3-7(11)5-2-9-8(12-9)1-4(5)6/h3-4,7-10H,1-2H2;4-5,8-9H,1-3H2. The maximum absolute atomic E-state index is 11.5. The van der Waals surface area contributed by atoms with Gasteiger partial charge in [-0.3, -0.25) is 19.2 Å². The molecule has 0 amide bonds. The van der Waals surface area contributed by atoms with Crippen LogP contribution in [0.5, 0.6) is 0 Å². The molecule has 0 aromatic carbocycles. The van der Waals surface area contributed by atoms with Gasteiger partial charge in [0, 0.05) is 23.7 Å². The highest BCUT2D eigenvalue weighted by molar-refractivity contribution is 6.10. The van der Waals surface area contributed by atoms with Crippen molar-refractivity contribution in [3.63, 3.8) is 0 Å². The molecule has 5 aliphatic carbocycles. The van der Waals surface area contributed by atoms with Crippen LogP contribution in [0, 0.1) is 35.5 Å². The summed E-state index contributed by atoms with van der Waals surface area (Å²) in [5, 5.41) is 0. The van der Waals surface area contributed by atoms with Crippen LogP contribution in [0.2, 0.25) is 0 Å². The van der Waals surface area contributed by atoms with Gasteiger partial charge >= 0.3 is 0 Å². The van der Waals surface area contributed by atoms with Crippen LogP contribution in [0.15, 0.2) is 0 Å². The van der Waals surface area contributed by atoms with Gasteiger partial charge in [0.2, 0.25) is 0 Å². The molecule has 10 atom stereocenters. The molecule has 0 aromatic heterocycles. The Morgan fingerprint density at radius 1 is 0.600 bits per heavy atom. The summed E-state index contributed by atoms with van der Waals surface area (Å²) in [5.41, 5.74) is 0. The summed E-state index contributed by atoms with van der Waals surface area (Å²) in [4.78, 5) is 45.7. The zero-order valence-corrected chi connectivity index (χ0v) is 13.8. The zero-order valence-electron chi connectivity index (χ0n) is 13.8. The fraction of sp³-hybridized carbons (Fsp3) is 0.789. The predicted molar refractivity (Wildman–Crippen MR) is 81.4 cm³/mol. The molecule has 2 aliphatic heterocycles. The van der Waals surface area contributed by atoms with Gasteiger partial charge in [-0.2, -0.15) is 0 Å². The first-order chi connectivity index (χ1) is 12.0. The van der Waals surface area contributed by atoms with Crippen LogP contribution in [-0.2, 0) is 28.7 Å². The van der Waals surface area contributed by atoms with Crippen molar-refractivity contribution in [1.82, 2.24) is 0 Å². The summed E-state index contributed by atoms with van der Waals surface area (Å²) >= 11 is 0. The molecule has 10 unspecified atom stereocenters. The molecule has 5 saturated carbocycles. The van der Waals surface area contributed by atoms with Gasteiger partial charge in [0.05, 0.1) is 37.3 Å². The van der Waals surface area contributed by atoms with Crippen molar-refractivity contribution < 1.29 is 28.7 Å². The summed E-state index contributed by atoms with van der Waals surface area (Å²) < 4.78 is 10.8. The van der Waals surface area contributed by atoms with Gasteiger partial charge in [-0.25, -0.2) is 0 Å². The topological polar surface area (TPSA) is 93.3 Å². The number of epoxide rings is 2. The summed E-state index contributed by atoms with van der Waals surface area (Å²) in [5.74, 6) is 1.63. The fourth-order valence-electron chi connectivity index (χ4n) is 6.50. The highest BCUT2D eigenvalue weighted by atomic mass is 16.6. The maximum atomic E-state index is 11.5. The Bertz CT molecular complexity index is 671. The Kier molecular flexibility index (Phi) is 2.74. The van der Waals surface area contributed by atoms with E-state index in [1.54, 1.807) is 0 Å². The number of carbonyl (C=O) groups excluding carboxylic acids is 4. The third-order valence-corrected chi connectivity index (χ3v) is 7.67. The van der Waals surface area contributed by atoms with Crippen LogP contribution in [0.1, 0.15) is 32.1 Å². The van der Waals surface area contributed by atoms with E-state index in [1.165, 1.54) is 0 Å². The summed E-state index contributed by atoms with van der Waals surface area (Å²) in [6.45, 7) is 0. The molecule has 6 heteroatoms. The van der Waals surface area contributed by atoms with Crippen LogP contribution >= 0.6 is 0 Å². The number of hydrogen-bond acceptors (Lipinski definition) is 6. The number of ether oxygens (including phenoxy) is 2. The normalized spacial score (nSPS) is 56.0. The molecule has 7 fully saturated rings. The zero-order chi connectivity index (χ0) is 17.0. The van der Waals surface area contributed by atoms with Gasteiger partial charge in [-0.1, -0.05) is 0 Å². The van der Waals surface area contributed by atoms with E-state index in [0.29, 0.717) is 36.3 Å². The smallest absolute Gasteiger partial charge is 0.144 e. The largest absolute Gasteiger partial charge is 0.370 e. The van der Waals surface area contributed by atoms with Crippen LogP contribution in [0.25, 0.3) is 0 Å². The quantitative estimate of drug-likeness (QED) is 0.469. The first-order valence-electron chi connectivity index (χ1n) is 9.44. The second-order valence-electron chi connectivity index (χ2n) is 8.80. The van der Waals surface area contributed by atoms with Gasteiger partial charge in [0.1, 0.15) is 23.1 Å². The highest BCUT2D eigenvalue weighted by Gasteiger charge is 2.71. The number of carbonyl (C=O) groups is 4. The number of fused-ring (bicyclic) bond motifs is 10. The molecule has 7 rings (SSSR count). The summed E-state index contributed by atoms with van der Waals surface area (Å²) in [7, 11) is 0. The molecule has 0 radical (unpaired) electrons. The Balaban J connectivity index is 0.000000103. The van der Waals surface area contributed by atoms with Gasteiger partial charge < -0.3 is 9.47 Å². The van der Waals surface area contributed by atoms with Crippen molar-refractivity contribution in [2.24, 2.45) is 35.5 Å². The Labute approximate surface area is 144 Å². The van der Waals surface area contributed by atoms with Crippen LogP contribution < -0.4 is 0 Å². The third-order valence-electron chi connectivity index (χ3n) is 7.67. The van der Waals surface area contributed by atoms with E-state index in [0.717, 1.165) is 19.3 Å².